The van der Waals surface area contributed by atoms with Crippen molar-refractivity contribution in [2.24, 2.45) is 0 Å². The Kier molecular flexibility index (Phi) is 3.15. The Hall–Kier alpha value is -1.43. The van der Waals surface area contributed by atoms with Gasteiger partial charge in [0.15, 0.2) is 11.5 Å². The fraction of sp³-hybridized carbons (Fsp3) is 0.455. The first kappa shape index (κ1) is 12.0. The first-order valence-electron chi connectivity index (χ1n) is 5.13. The molecule has 0 amide bonds. The van der Waals surface area contributed by atoms with Gasteiger partial charge in [-0.05, 0) is 12.5 Å². The third-order valence-corrected chi connectivity index (χ3v) is 2.46. The van der Waals surface area contributed by atoms with E-state index in [-0.39, 0.29) is 37.7 Å². The molecule has 0 spiro atoms. The molecule has 1 aromatic rings. The van der Waals surface area contributed by atoms with Gasteiger partial charge in [-0.25, -0.2) is 0 Å². The zero-order valence-electron chi connectivity index (χ0n) is 8.88. The number of hydrogen-bond acceptors (Lipinski definition) is 3. The third kappa shape index (κ3) is 2.31. The van der Waals surface area contributed by atoms with Gasteiger partial charge in [0.05, 0.1) is 0 Å². The van der Waals surface area contributed by atoms with Gasteiger partial charge in [-0.2, -0.15) is 13.2 Å². The number of aliphatic hydroxyl groups is 1. The van der Waals surface area contributed by atoms with E-state index in [9.17, 15) is 13.2 Å². The van der Waals surface area contributed by atoms with Crippen LogP contribution in [0.5, 0.6) is 11.5 Å². The zero-order chi connectivity index (χ0) is 12.5. The maximum Gasteiger partial charge on any atom is 0.420 e. The molecule has 1 heterocycles. The van der Waals surface area contributed by atoms with Crippen LogP contribution < -0.4 is 9.47 Å². The summed E-state index contributed by atoms with van der Waals surface area (Å²) in [6.45, 7) is 0.159. The lowest BCUT2D eigenvalue weighted by atomic mass is 10.1. The molecule has 0 bridgehead atoms. The van der Waals surface area contributed by atoms with Crippen LogP contribution in [0.2, 0.25) is 0 Å². The number of fused-ring (bicyclic) bond motifs is 1. The summed E-state index contributed by atoms with van der Waals surface area (Å²) in [5.74, 6) is -0.171. The minimum absolute atomic E-state index is 0.0959. The molecule has 0 fully saturated rings. The van der Waals surface area contributed by atoms with Gasteiger partial charge >= 0.3 is 6.18 Å². The van der Waals surface area contributed by atoms with Gasteiger partial charge in [-0.15, -0.1) is 0 Å². The molecule has 1 aliphatic heterocycles. The van der Waals surface area contributed by atoms with Crippen molar-refractivity contribution in [1.29, 1.82) is 0 Å². The molecule has 0 radical (unpaired) electrons. The number of benzene rings is 1. The van der Waals surface area contributed by atoms with E-state index < -0.39 is 11.7 Å². The summed E-state index contributed by atoms with van der Waals surface area (Å²) in [7, 11) is 0. The molecule has 94 valence electrons. The third-order valence-electron chi connectivity index (χ3n) is 2.46. The van der Waals surface area contributed by atoms with Crippen LogP contribution >= 0.6 is 0 Å². The second kappa shape index (κ2) is 4.44. The van der Waals surface area contributed by atoms with Crippen molar-refractivity contribution in [1.82, 2.24) is 0 Å². The second-order valence-corrected chi connectivity index (χ2v) is 3.60. The molecule has 1 N–H and O–H groups in total. The van der Waals surface area contributed by atoms with Crippen molar-refractivity contribution >= 4 is 0 Å². The molecular formula is C11H11F3O3. The van der Waals surface area contributed by atoms with E-state index in [1.165, 1.54) is 6.07 Å². The second-order valence-electron chi connectivity index (χ2n) is 3.60. The highest BCUT2D eigenvalue weighted by Crippen LogP contribution is 2.44. The maximum atomic E-state index is 12.7. The number of hydrogen-bond donors (Lipinski definition) is 1. The number of alkyl halides is 3. The molecule has 1 aromatic carbocycles. The van der Waals surface area contributed by atoms with Crippen molar-refractivity contribution in [2.75, 3.05) is 19.8 Å². The molecule has 0 aliphatic carbocycles. The Bertz CT molecular complexity index is 415. The first-order valence-corrected chi connectivity index (χ1v) is 5.13. The van der Waals surface area contributed by atoms with Gasteiger partial charge in [0, 0.05) is 12.2 Å². The molecule has 0 saturated carbocycles. The highest BCUT2D eigenvalue weighted by Gasteiger charge is 2.37. The Labute approximate surface area is 95.8 Å². The van der Waals surface area contributed by atoms with Crippen molar-refractivity contribution in [3.63, 3.8) is 0 Å². The van der Waals surface area contributed by atoms with Crippen molar-refractivity contribution in [3.8, 4) is 11.5 Å². The molecule has 0 aromatic heterocycles. The number of ether oxygens (including phenoxy) is 2. The predicted octanol–water partition coefficient (Wildman–Crippen LogP) is 2.01. The van der Waals surface area contributed by atoms with Crippen LogP contribution in [0.25, 0.3) is 0 Å². The molecule has 6 heteroatoms. The van der Waals surface area contributed by atoms with E-state index in [4.69, 9.17) is 14.6 Å². The average Bonchev–Trinajstić information content (AvgIpc) is 2.28. The normalized spacial score (nSPS) is 14.8. The van der Waals surface area contributed by atoms with Gasteiger partial charge in [-0.1, -0.05) is 6.07 Å². The lowest BCUT2D eigenvalue weighted by molar-refractivity contribution is -0.139. The fourth-order valence-electron chi connectivity index (χ4n) is 1.73. The smallest absolute Gasteiger partial charge is 0.420 e. The summed E-state index contributed by atoms with van der Waals surface area (Å²) < 4.78 is 48.4. The molecule has 0 atom stereocenters. The largest absolute Gasteiger partial charge is 0.486 e. The Balaban J connectivity index is 2.51. The van der Waals surface area contributed by atoms with E-state index in [0.29, 0.717) is 5.56 Å². The fourth-order valence-corrected chi connectivity index (χ4v) is 1.73. The minimum atomic E-state index is -4.47. The van der Waals surface area contributed by atoms with Gasteiger partial charge in [0.1, 0.15) is 18.8 Å². The van der Waals surface area contributed by atoms with Crippen LogP contribution in [0.1, 0.15) is 11.1 Å². The summed E-state index contributed by atoms with van der Waals surface area (Å²) in [5, 5.41) is 8.83. The topological polar surface area (TPSA) is 38.7 Å². The van der Waals surface area contributed by atoms with E-state index in [1.54, 1.807) is 0 Å². The summed E-state index contributed by atoms with van der Waals surface area (Å²) in [4.78, 5) is 0. The van der Waals surface area contributed by atoms with E-state index >= 15 is 0 Å². The summed E-state index contributed by atoms with van der Waals surface area (Å²) >= 11 is 0. The van der Waals surface area contributed by atoms with Crippen LogP contribution in [-0.4, -0.2) is 24.9 Å². The standard InChI is InChI=1S/C11H11F3O3/c12-11(13,14)8-2-1-7(3-4-15)9-10(8)17-6-5-16-9/h1-2,15H,3-6H2. The molecule has 3 nitrogen and oxygen atoms in total. The SMILES string of the molecule is OCCc1ccc(C(F)(F)F)c2c1OCCO2. The minimum Gasteiger partial charge on any atom is -0.486 e. The van der Waals surface area contributed by atoms with Crippen LogP contribution in [0.15, 0.2) is 12.1 Å². The van der Waals surface area contributed by atoms with E-state index in [2.05, 4.69) is 0 Å². The van der Waals surface area contributed by atoms with Crippen molar-refractivity contribution < 1.29 is 27.8 Å². The summed E-state index contributed by atoms with van der Waals surface area (Å²) in [6, 6.07) is 2.27. The molecule has 1 aliphatic rings. The first-order chi connectivity index (χ1) is 8.04. The molecule has 17 heavy (non-hydrogen) atoms. The maximum absolute atomic E-state index is 12.7. The zero-order valence-corrected chi connectivity index (χ0v) is 8.88. The van der Waals surface area contributed by atoms with E-state index in [0.717, 1.165) is 6.07 Å². The highest BCUT2D eigenvalue weighted by atomic mass is 19.4. The van der Waals surface area contributed by atoms with Gasteiger partial charge in [0.25, 0.3) is 0 Å². The van der Waals surface area contributed by atoms with E-state index in [1.807, 2.05) is 0 Å². The molecule has 0 saturated heterocycles. The van der Waals surface area contributed by atoms with Gasteiger partial charge < -0.3 is 14.6 Å². The quantitative estimate of drug-likeness (QED) is 0.870. The average molecular weight is 248 g/mol. The Morgan fingerprint density at radius 3 is 2.35 bits per heavy atom. The van der Waals surface area contributed by atoms with Crippen LogP contribution in [-0.2, 0) is 12.6 Å². The van der Waals surface area contributed by atoms with Crippen molar-refractivity contribution in [2.45, 2.75) is 12.6 Å². The lowest BCUT2D eigenvalue weighted by Gasteiger charge is -2.24. The predicted molar refractivity (Wildman–Crippen MR) is 53.2 cm³/mol. The lowest BCUT2D eigenvalue weighted by Crippen LogP contribution is -2.20. The van der Waals surface area contributed by atoms with Gasteiger partial charge in [0.2, 0.25) is 0 Å². The molecule has 0 unspecified atom stereocenters. The number of rotatable bonds is 2. The van der Waals surface area contributed by atoms with Crippen molar-refractivity contribution in [3.05, 3.63) is 23.3 Å². The Morgan fingerprint density at radius 2 is 1.76 bits per heavy atom. The number of halogens is 3. The Morgan fingerprint density at radius 1 is 1.12 bits per heavy atom. The summed E-state index contributed by atoms with van der Waals surface area (Å²) in [6.07, 6.45) is -4.23. The number of aliphatic hydroxyl groups excluding tert-OH is 1. The summed E-state index contributed by atoms with van der Waals surface area (Å²) in [5.41, 5.74) is -0.316. The van der Waals surface area contributed by atoms with Gasteiger partial charge in [-0.3, -0.25) is 0 Å². The monoisotopic (exact) mass is 248 g/mol. The molecule has 2 rings (SSSR count). The van der Waals surface area contributed by atoms with Crippen LogP contribution in [0.4, 0.5) is 13.2 Å². The van der Waals surface area contributed by atoms with Crippen LogP contribution in [0.3, 0.4) is 0 Å². The molecular weight excluding hydrogens is 237 g/mol. The van der Waals surface area contributed by atoms with Crippen LogP contribution in [0, 0.1) is 0 Å². The highest BCUT2D eigenvalue weighted by molar-refractivity contribution is 5.54.